The van der Waals surface area contributed by atoms with Gasteiger partial charge in [-0.15, -0.1) is 0 Å². The predicted molar refractivity (Wildman–Crippen MR) is 92.4 cm³/mol. The van der Waals surface area contributed by atoms with Crippen LogP contribution in [0.3, 0.4) is 0 Å². The Morgan fingerprint density at radius 1 is 1.17 bits per heavy atom. The fourth-order valence-corrected chi connectivity index (χ4v) is 2.59. The molecular formula is C19H18N2O3. The molecule has 0 aliphatic rings. The van der Waals surface area contributed by atoms with Crippen LogP contribution in [-0.4, -0.2) is 10.9 Å². The van der Waals surface area contributed by atoms with Gasteiger partial charge in [-0.05, 0) is 30.7 Å². The van der Waals surface area contributed by atoms with Gasteiger partial charge in [-0.25, -0.2) is 0 Å². The molecule has 0 fully saturated rings. The SMILES string of the molecule is Cc1cc(NCc2ccccc2)c(C=O)c(=O)n1Cc1ccco1. The molecule has 0 atom stereocenters. The van der Waals surface area contributed by atoms with Crippen LogP contribution in [0.4, 0.5) is 5.69 Å². The summed E-state index contributed by atoms with van der Waals surface area (Å²) < 4.78 is 6.83. The van der Waals surface area contributed by atoms with E-state index in [1.165, 1.54) is 4.57 Å². The first-order valence-electron chi connectivity index (χ1n) is 7.69. The number of nitrogens with zero attached hydrogens (tertiary/aromatic N) is 1. The highest BCUT2D eigenvalue weighted by Crippen LogP contribution is 2.15. The summed E-state index contributed by atoms with van der Waals surface area (Å²) in [5, 5.41) is 3.18. The molecule has 0 amide bonds. The van der Waals surface area contributed by atoms with Crippen molar-refractivity contribution >= 4 is 12.0 Å². The maximum absolute atomic E-state index is 12.6. The van der Waals surface area contributed by atoms with E-state index in [1.54, 1.807) is 18.4 Å². The third kappa shape index (κ3) is 3.30. The number of carbonyl (C=O) groups excluding carboxylic acids is 1. The van der Waals surface area contributed by atoms with Gasteiger partial charge in [0.15, 0.2) is 6.29 Å². The van der Waals surface area contributed by atoms with Crippen LogP contribution in [0.15, 0.2) is 64.0 Å². The van der Waals surface area contributed by atoms with E-state index in [0.29, 0.717) is 30.8 Å². The lowest BCUT2D eigenvalue weighted by atomic mass is 10.1. The number of hydrogen-bond donors (Lipinski definition) is 1. The van der Waals surface area contributed by atoms with Crippen molar-refractivity contribution in [1.82, 2.24) is 4.57 Å². The summed E-state index contributed by atoms with van der Waals surface area (Å²) in [5.74, 6) is 0.669. The molecule has 0 spiro atoms. The first kappa shape index (κ1) is 15.8. The maximum Gasteiger partial charge on any atom is 0.263 e. The van der Waals surface area contributed by atoms with Crippen molar-refractivity contribution in [3.05, 3.63) is 87.7 Å². The second-order valence-electron chi connectivity index (χ2n) is 5.54. The number of carbonyl (C=O) groups is 1. The van der Waals surface area contributed by atoms with Crippen LogP contribution >= 0.6 is 0 Å². The average molecular weight is 322 g/mol. The van der Waals surface area contributed by atoms with Gasteiger partial charge in [0.25, 0.3) is 5.56 Å². The molecule has 122 valence electrons. The molecule has 0 aliphatic heterocycles. The zero-order valence-electron chi connectivity index (χ0n) is 13.4. The van der Waals surface area contributed by atoms with Crippen LogP contribution in [0.1, 0.15) is 27.4 Å². The number of furan rings is 1. The second-order valence-corrected chi connectivity index (χ2v) is 5.54. The van der Waals surface area contributed by atoms with Crippen molar-refractivity contribution in [2.24, 2.45) is 0 Å². The van der Waals surface area contributed by atoms with E-state index in [1.807, 2.05) is 43.3 Å². The van der Waals surface area contributed by atoms with Crippen LogP contribution in [-0.2, 0) is 13.1 Å². The van der Waals surface area contributed by atoms with Crippen LogP contribution in [0.2, 0.25) is 0 Å². The summed E-state index contributed by atoms with van der Waals surface area (Å²) >= 11 is 0. The normalized spacial score (nSPS) is 10.5. The first-order valence-corrected chi connectivity index (χ1v) is 7.69. The van der Waals surface area contributed by atoms with Crippen LogP contribution < -0.4 is 10.9 Å². The maximum atomic E-state index is 12.6. The third-order valence-electron chi connectivity index (χ3n) is 3.88. The topological polar surface area (TPSA) is 64.2 Å². The number of pyridine rings is 1. The van der Waals surface area contributed by atoms with E-state index in [2.05, 4.69) is 5.32 Å². The zero-order valence-corrected chi connectivity index (χ0v) is 13.4. The highest BCUT2D eigenvalue weighted by atomic mass is 16.3. The number of anilines is 1. The van der Waals surface area contributed by atoms with Crippen molar-refractivity contribution in [2.45, 2.75) is 20.0 Å². The fraction of sp³-hybridized carbons (Fsp3) is 0.158. The minimum atomic E-state index is -0.322. The molecule has 0 unspecified atom stereocenters. The molecule has 0 radical (unpaired) electrons. The highest BCUT2D eigenvalue weighted by Gasteiger charge is 2.13. The van der Waals surface area contributed by atoms with E-state index >= 15 is 0 Å². The Bertz CT molecular complexity index is 881. The lowest BCUT2D eigenvalue weighted by molar-refractivity contribution is 0.112. The number of aromatic nitrogens is 1. The summed E-state index contributed by atoms with van der Waals surface area (Å²) in [6.07, 6.45) is 2.17. The Labute approximate surface area is 139 Å². The minimum Gasteiger partial charge on any atom is -0.467 e. The summed E-state index contributed by atoms with van der Waals surface area (Å²) in [7, 11) is 0. The lowest BCUT2D eigenvalue weighted by Crippen LogP contribution is -2.27. The van der Waals surface area contributed by atoms with E-state index in [0.717, 1.165) is 11.3 Å². The Morgan fingerprint density at radius 2 is 1.96 bits per heavy atom. The van der Waals surface area contributed by atoms with Gasteiger partial charge in [0.05, 0.1) is 18.5 Å². The molecule has 0 saturated heterocycles. The van der Waals surface area contributed by atoms with Crippen molar-refractivity contribution < 1.29 is 9.21 Å². The number of hydrogen-bond acceptors (Lipinski definition) is 4. The smallest absolute Gasteiger partial charge is 0.263 e. The Morgan fingerprint density at radius 3 is 2.62 bits per heavy atom. The van der Waals surface area contributed by atoms with Crippen molar-refractivity contribution in [3.8, 4) is 0 Å². The fourth-order valence-electron chi connectivity index (χ4n) is 2.59. The quantitative estimate of drug-likeness (QED) is 0.708. The van der Waals surface area contributed by atoms with Gasteiger partial charge in [-0.2, -0.15) is 0 Å². The van der Waals surface area contributed by atoms with Crippen molar-refractivity contribution in [3.63, 3.8) is 0 Å². The van der Waals surface area contributed by atoms with Gasteiger partial charge in [-0.3, -0.25) is 9.59 Å². The second kappa shape index (κ2) is 7.00. The van der Waals surface area contributed by atoms with Crippen LogP contribution in [0.25, 0.3) is 0 Å². The minimum absolute atomic E-state index is 0.128. The summed E-state index contributed by atoms with van der Waals surface area (Å²) in [5.41, 5.74) is 2.19. The number of aldehydes is 1. The average Bonchev–Trinajstić information content (AvgIpc) is 3.11. The van der Waals surface area contributed by atoms with Gasteiger partial charge in [-0.1, -0.05) is 30.3 Å². The monoisotopic (exact) mass is 322 g/mol. The summed E-state index contributed by atoms with van der Waals surface area (Å²) in [4.78, 5) is 24.1. The van der Waals surface area contributed by atoms with Gasteiger partial charge in [0.2, 0.25) is 0 Å². The standard InChI is InChI=1S/C19H18N2O3/c1-14-10-18(20-11-15-6-3-2-4-7-15)17(13-22)19(23)21(14)12-16-8-5-9-24-16/h2-10,13,20H,11-12H2,1H3. The molecule has 2 aromatic heterocycles. The number of aryl methyl sites for hydroxylation is 1. The molecule has 0 saturated carbocycles. The largest absolute Gasteiger partial charge is 0.467 e. The van der Waals surface area contributed by atoms with Crippen LogP contribution in [0.5, 0.6) is 0 Å². The molecule has 24 heavy (non-hydrogen) atoms. The molecule has 0 aliphatic carbocycles. The first-order chi connectivity index (χ1) is 11.7. The Kier molecular flexibility index (Phi) is 4.61. The summed E-state index contributed by atoms with van der Waals surface area (Å²) in [6.45, 7) is 2.69. The lowest BCUT2D eigenvalue weighted by Gasteiger charge is -2.14. The number of benzene rings is 1. The molecule has 5 nitrogen and oxygen atoms in total. The van der Waals surface area contributed by atoms with E-state index in [-0.39, 0.29) is 11.1 Å². The molecular weight excluding hydrogens is 304 g/mol. The highest BCUT2D eigenvalue weighted by molar-refractivity contribution is 5.83. The van der Waals surface area contributed by atoms with E-state index in [4.69, 9.17) is 4.42 Å². The Balaban J connectivity index is 1.90. The molecule has 2 heterocycles. The number of rotatable bonds is 6. The zero-order chi connectivity index (χ0) is 16.9. The summed E-state index contributed by atoms with van der Waals surface area (Å²) in [6, 6.07) is 15.2. The molecule has 3 rings (SSSR count). The van der Waals surface area contributed by atoms with Crippen molar-refractivity contribution in [1.29, 1.82) is 0 Å². The van der Waals surface area contributed by atoms with Gasteiger partial charge < -0.3 is 14.3 Å². The molecule has 3 aromatic rings. The van der Waals surface area contributed by atoms with Crippen LogP contribution in [0, 0.1) is 6.92 Å². The predicted octanol–water partition coefficient (Wildman–Crippen LogP) is 3.22. The van der Waals surface area contributed by atoms with Gasteiger partial charge in [0.1, 0.15) is 11.3 Å². The molecule has 5 heteroatoms. The van der Waals surface area contributed by atoms with Gasteiger partial charge >= 0.3 is 0 Å². The number of nitrogens with one attached hydrogen (secondary N) is 1. The Hall–Kier alpha value is -3.08. The van der Waals surface area contributed by atoms with E-state index in [9.17, 15) is 9.59 Å². The van der Waals surface area contributed by atoms with Gasteiger partial charge in [0, 0.05) is 12.2 Å². The van der Waals surface area contributed by atoms with Crippen molar-refractivity contribution in [2.75, 3.05) is 5.32 Å². The van der Waals surface area contributed by atoms with E-state index < -0.39 is 0 Å². The molecule has 1 aromatic carbocycles. The third-order valence-corrected chi connectivity index (χ3v) is 3.88. The molecule has 0 bridgehead atoms. The molecule has 1 N–H and O–H groups in total.